The molecule has 0 bridgehead atoms. The van der Waals surface area contributed by atoms with E-state index in [4.69, 9.17) is 19.7 Å². The highest BCUT2D eigenvalue weighted by molar-refractivity contribution is 5.70. The SMILES string of the molecule is CC(C)CCCCCCOC(=O)CCCCC(=O)OCCCCCCC(C)C.O=C(O)CCCCC(=O)O. The van der Waals surface area contributed by atoms with Crippen molar-refractivity contribution in [3.63, 3.8) is 0 Å². The van der Waals surface area contributed by atoms with E-state index < -0.39 is 11.9 Å². The van der Waals surface area contributed by atoms with Crippen LogP contribution in [0, 0.1) is 11.8 Å². The zero-order valence-electron chi connectivity index (χ0n) is 24.6. The number of hydrogen-bond donors (Lipinski definition) is 2. The summed E-state index contributed by atoms with van der Waals surface area (Å²) in [6.07, 6.45) is 14.9. The number of hydrogen-bond acceptors (Lipinski definition) is 6. The Morgan fingerprint density at radius 2 is 0.789 bits per heavy atom. The first-order valence-corrected chi connectivity index (χ1v) is 14.8. The molecule has 0 spiro atoms. The number of unbranched alkanes of at least 4 members (excludes halogenated alkanes) is 8. The van der Waals surface area contributed by atoms with E-state index in [0.29, 0.717) is 51.7 Å². The van der Waals surface area contributed by atoms with Crippen molar-refractivity contribution in [2.75, 3.05) is 13.2 Å². The van der Waals surface area contributed by atoms with E-state index in [1.54, 1.807) is 0 Å². The average Bonchev–Trinajstić information content (AvgIpc) is 2.83. The molecular formula is C30H56O8. The molecule has 0 heterocycles. The third kappa shape index (κ3) is 36.0. The highest BCUT2D eigenvalue weighted by atomic mass is 16.5. The van der Waals surface area contributed by atoms with Crippen molar-refractivity contribution in [2.45, 2.75) is 143 Å². The number of carbonyl (C=O) groups excluding carboxylic acids is 2. The number of esters is 2. The summed E-state index contributed by atoms with van der Waals surface area (Å²) in [5, 5.41) is 16.3. The molecule has 8 nitrogen and oxygen atoms in total. The summed E-state index contributed by atoms with van der Waals surface area (Å²) >= 11 is 0. The number of carboxylic acids is 2. The van der Waals surface area contributed by atoms with Gasteiger partial charge in [-0.25, -0.2) is 0 Å². The molecule has 0 aliphatic rings. The Kier molecular flexibility index (Phi) is 27.9. The Morgan fingerprint density at radius 1 is 0.474 bits per heavy atom. The molecule has 0 rings (SSSR count). The van der Waals surface area contributed by atoms with Gasteiger partial charge in [-0.1, -0.05) is 79.1 Å². The van der Waals surface area contributed by atoms with Gasteiger partial charge in [-0.05, 0) is 50.4 Å². The molecule has 0 atom stereocenters. The lowest BCUT2D eigenvalue weighted by Gasteiger charge is -2.07. The molecule has 224 valence electrons. The average molecular weight is 545 g/mol. The van der Waals surface area contributed by atoms with Crippen LogP contribution in [-0.4, -0.2) is 47.3 Å². The second-order valence-electron chi connectivity index (χ2n) is 10.8. The van der Waals surface area contributed by atoms with Gasteiger partial charge in [-0.2, -0.15) is 0 Å². The lowest BCUT2D eigenvalue weighted by molar-refractivity contribution is -0.146. The first-order chi connectivity index (χ1) is 18.0. The standard InChI is InChI=1S/C24H46O4.C6H10O4/c1-21(2)15-9-5-7-13-19-27-23(25)17-11-12-18-24(26)28-20-14-8-6-10-16-22(3)4;7-5(8)3-1-2-4-6(9)10/h21-22H,5-20H2,1-4H3;1-4H2,(H,7,8)(H,9,10). The quantitative estimate of drug-likeness (QED) is 0.0941. The molecule has 38 heavy (non-hydrogen) atoms. The van der Waals surface area contributed by atoms with Crippen molar-refractivity contribution in [2.24, 2.45) is 11.8 Å². The maximum absolute atomic E-state index is 11.7. The van der Waals surface area contributed by atoms with E-state index in [0.717, 1.165) is 37.5 Å². The van der Waals surface area contributed by atoms with Gasteiger partial charge in [0.2, 0.25) is 0 Å². The van der Waals surface area contributed by atoms with Gasteiger partial charge >= 0.3 is 23.9 Å². The van der Waals surface area contributed by atoms with Crippen molar-refractivity contribution < 1.29 is 38.9 Å². The monoisotopic (exact) mass is 544 g/mol. The molecule has 0 radical (unpaired) electrons. The largest absolute Gasteiger partial charge is 0.481 e. The third-order valence-electron chi connectivity index (χ3n) is 5.92. The van der Waals surface area contributed by atoms with Crippen LogP contribution in [0.4, 0.5) is 0 Å². The Morgan fingerprint density at radius 3 is 1.11 bits per heavy atom. The number of carboxylic acid groups (broad SMARTS) is 2. The minimum Gasteiger partial charge on any atom is -0.481 e. The smallest absolute Gasteiger partial charge is 0.305 e. The van der Waals surface area contributed by atoms with Gasteiger partial charge in [0.15, 0.2) is 0 Å². The zero-order chi connectivity index (χ0) is 29.0. The fraction of sp³-hybridized carbons (Fsp3) is 0.867. The van der Waals surface area contributed by atoms with E-state index in [2.05, 4.69) is 27.7 Å². The number of aliphatic carboxylic acids is 2. The molecular weight excluding hydrogens is 488 g/mol. The van der Waals surface area contributed by atoms with Crippen LogP contribution in [0.25, 0.3) is 0 Å². The van der Waals surface area contributed by atoms with Crippen LogP contribution in [0.15, 0.2) is 0 Å². The summed E-state index contributed by atoms with van der Waals surface area (Å²) < 4.78 is 10.5. The van der Waals surface area contributed by atoms with Crippen molar-refractivity contribution in [1.82, 2.24) is 0 Å². The maximum atomic E-state index is 11.7. The van der Waals surface area contributed by atoms with E-state index in [-0.39, 0.29) is 24.8 Å². The third-order valence-corrected chi connectivity index (χ3v) is 5.92. The van der Waals surface area contributed by atoms with Gasteiger partial charge in [-0.15, -0.1) is 0 Å². The highest BCUT2D eigenvalue weighted by Crippen LogP contribution is 2.11. The summed E-state index contributed by atoms with van der Waals surface area (Å²) in [6, 6.07) is 0. The molecule has 0 aromatic heterocycles. The fourth-order valence-corrected chi connectivity index (χ4v) is 3.62. The fourth-order valence-electron chi connectivity index (χ4n) is 3.62. The van der Waals surface area contributed by atoms with Gasteiger partial charge in [0.1, 0.15) is 0 Å². The van der Waals surface area contributed by atoms with E-state index in [1.165, 1.54) is 38.5 Å². The first-order valence-electron chi connectivity index (χ1n) is 14.8. The summed E-state index contributed by atoms with van der Waals surface area (Å²) in [5.41, 5.74) is 0. The van der Waals surface area contributed by atoms with Crippen molar-refractivity contribution in [1.29, 1.82) is 0 Å². The number of rotatable bonds is 24. The minimum absolute atomic E-state index is 0.0628. The zero-order valence-corrected chi connectivity index (χ0v) is 24.6. The number of ether oxygens (including phenoxy) is 2. The lowest BCUT2D eigenvalue weighted by atomic mass is 10.0. The summed E-state index contributed by atoms with van der Waals surface area (Å²) in [7, 11) is 0. The van der Waals surface area contributed by atoms with Crippen LogP contribution in [0.1, 0.15) is 143 Å². The Balaban J connectivity index is 0. The van der Waals surface area contributed by atoms with Crippen LogP contribution in [0.5, 0.6) is 0 Å². The van der Waals surface area contributed by atoms with Crippen LogP contribution in [0.3, 0.4) is 0 Å². The molecule has 0 aliphatic carbocycles. The lowest BCUT2D eigenvalue weighted by Crippen LogP contribution is -2.08. The Hall–Kier alpha value is -2.12. The molecule has 0 saturated carbocycles. The molecule has 2 N–H and O–H groups in total. The molecule has 0 aromatic carbocycles. The molecule has 0 fully saturated rings. The van der Waals surface area contributed by atoms with Crippen molar-refractivity contribution >= 4 is 23.9 Å². The van der Waals surface area contributed by atoms with E-state index >= 15 is 0 Å². The summed E-state index contributed by atoms with van der Waals surface area (Å²) in [4.78, 5) is 43.1. The molecule has 0 amide bonds. The van der Waals surface area contributed by atoms with Gasteiger partial charge in [0.25, 0.3) is 0 Å². The Labute approximate surface area is 231 Å². The molecule has 0 aromatic rings. The second-order valence-corrected chi connectivity index (χ2v) is 10.8. The van der Waals surface area contributed by atoms with Crippen LogP contribution >= 0.6 is 0 Å². The second kappa shape index (κ2) is 27.9. The van der Waals surface area contributed by atoms with Crippen molar-refractivity contribution in [3.05, 3.63) is 0 Å². The van der Waals surface area contributed by atoms with Gasteiger partial charge in [0, 0.05) is 25.7 Å². The summed E-state index contributed by atoms with van der Waals surface area (Å²) in [5.74, 6) is -0.478. The topological polar surface area (TPSA) is 127 Å². The molecule has 0 unspecified atom stereocenters. The Bertz CT molecular complexity index is 549. The normalized spacial score (nSPS) is 10.7. The maximum Gasteiger partial charge on any atom is 0.305 e. The minimum atomic E-state index is -0.870. The van der Waals surface area contributed by atoms with Crippen LogP contribution in [0.2, 0.25) is 0 Å². The highest BCUT2D eigenvalue weighted by Gasteiger charge is 2.06. The predicted molar refractivity (Wildman–Crippen MR) is 150 cm³/mol. The van der Waals surface area contributed by atoms with Crippen LogP contribution < -0.4 is 0 Å². The van der Waals surface area contributed by atoms with E-state index in [1.807, 2.05) is 0 Å². The summed E-state index contributed by atoms with van der Waals surface area (Å²) in [6.45, 7) is 10.0. The van der Waals surface area contributed by atoms with Gasteiger partial charge < -0.3 is 19.7 Å². The van der Waals surface area contributed by atoms with Gasteiger partial charge in [0.05, 0.1) is 13.2 Å². The van der Waals surface area contributed by atoms with Crippen LogP contribution in [-0.2, 0) is 28.7 Å². The molecule has 0 aliphatic heterocycles. The molecule has 0 saturated heterocycles. The van der Waals surface area contributed by atoms with Gasteiger partial charge in [-0.3, -0.25) is 19.2 Å². The number of carbonyl (C=O) groups is 4. The van der Waals surface area contributed by atoms with E-state index in [9.17, 15) is 19.2 Å². The predicted octanol–water partition coefficient (Wildman–Crippen LogP) is 7.56. The molecule has 8 heteroatoms. The first kappa shape index (κ1) is 38.0. The van der Waals surface area contributed by atoms with Crippen molar-refractivity contribution in [3.8, 4) is 0 Å².